The molecule has 0 bridgehead atoms. The molecule has 0 radical (unpaired) electrons. The van der Waals surface area contributed by atoms with Crippen LogP contribution in [0.25, 0.3) is 0 Å². The Morgan fingerprint density at radius 3 is 2.35 bits per heavy atom. The lowest BCUT2D eigenvalue weighted by Gasteiger charge is -2.35. The monoisotopic (exact) mass is 314 g/mol. The molecule has 0 aliphatic carbocycles. The van der Waals surface area contributed by atoms with Crippen molar-refractivity contribution in [2.75, 3.05) is 25.0 Å². The molecule has 1 aliphatic rings. The zero-order chi connectivity index (χ0) is 14.5. The lowest BCUT2D eigenvalue weighted by molar-refractivity contribution is 0.176. The summed E-state index contributed by atoms with van der Waals surface area (Å²) in [5.41, 5.74) is 1.02. The fraction of sp³-hybridized carbons (Fsp3) is 0.625. The van der Waals surface area contributed by atoms with E-state index in [1.807, 2.05) is 12.1 Å². The van der Waals surface area contributed by atoms with E-state index in [4.69, 9.17) is 23.2 Å². The summed E-state index contributed by atoms with van der Waals surface area (Å²) in [5, 5.41) is 4.92. The highest BCUT2D eigenvalue weighted by Crippen LogP contribution is 2.26. The SMILES string of the molecule is CCCN1CCC(C(C)Nc2cc(Cl)cc(Cl)c2)CC1. The Labute approximate surface area is 132 Å². The molecular weight excluding hydrogens is 291 g/mol. The van der Waals surface area contributed by atoms with E-state index in [0.717, 1.165) is 11.6 Å². The summed E-state index contributed by atoms with van der Waals surface area (Å²) >= 11 is 12.1. The zero-order valence-corrected chi connectivity index (χ0v) is 13.8. The van der Waals surface area contributed by atoms with Crippen molar-refractivity contribution < 1.29 is 0 Å². The Morgan fingerprint density at radius 2 is 1.80 bits per heavy atom. The zero-order valence-electron chi connectivity index (χ0n) is 12.3. The van der Waals surface area contributed by atoms with Gasteiger partial charge in [0.1, 0.15) is 0 Å². The number of hydrogen-bond donors (Lipinski definition) is 1. The first kappa shape index (κ1) is 15.9. The van der Waals surface area contributed by atoms with E-state index in [2.05, 4.69) is 24.1 Å². The van der Waals surface area contributed by atoms with E-state index < -0.39 is 0 Å². The van der Waals surface area contributed by atoms with Gasteiger partial charge in [0.2, 0.25) is 0 Å². The maximum Gasteiger partial charge on any atom is 0.0441 e. The molecular formula is C16H24Cl2N2. The first-order valence-corrected chi connectivity index (χ1v) is 8.29. The molecule has 1 saturated heterocycles. The molecule has 0 saturated carbocycles. The van der Waals surface area contributed by atoms with Crippen LogP contribution in [0.1, 0.15) is 33.1 Å². The van der Waals surface area contributed by atoms with Crippen LogP contribution in [0, 0.1) is 5.92 Å². The summed E-state index contributed by atoms with van der Waals surface area (Å²) in [4.78, 5) is 2.57. The maximum atomic E-state index is 6.04. The molecule has 1 atom stereocenters. The number of benzene rings is 1. The van der Waals surface area contributed by atoms with Crippen molar-refractivity contribution >= 4 is 28.9 Å². The van der Waals surface area contributed by atoms with Gasteiger partial charge in [-0.3, -0.25) is 0 Å². The molecule has 1 aromatic rings. The number of halogens is 2. The average molecular weight is 315 g/mol. The summed E-state index contributed by atoms with van der Waals surface area (Å²) in [6.45, 7) is 8.19. The largest absolute Gasteiger partial charge is 0.382 e. The first-order chi connectivity index (χ1) is 9.58. The Morgan fingerprint density at radius 1 is 1.20 bits per heavy atom. The molecule has 0 aromatic heterocycles. The number of likely N-dealkylation sites (tertiary alicyclic amines) is 1. The van der Waals surface area contributed by atoms with Crippen molar-refractivity contribution in [2.45, 2.75) is 39.2 Å². The van der Waals surface area contributed by atoms with Crippen molar-refractivity contribution in [1.82, 2.24) is 4.90 Å². The summed E-state index contributed by atoms with van der Waals surface area (Å²) in [6, 6.07) is 6.10. The van der Waals surface area contributed by atoms with Crippen LogP contribution >= 0.6 is 23.2 Å². The predicted octanol–water partition coefficient (Wildman–Crippen LogP) is 4.92. The van der Waals surface area contributed by atoms with Crippen LogP contribution in [0.15, 0.2) is 18.2 Å². The summed E-state index contributed by atoms with van der Waals surface area (Å²) in [6.07, 6.45) is 3.78. The van der Waals surface area contributed by atoms with E-state index >= 15 is 0 Å². The van der Waals surface area contributed by atoms with Crippen LogP contribution in [0.4, 0.5) is 5.69 Å². The summed E-state index contributed by atoms with van der Waals surface area (Å²) < 4.78 is 0. The fourth-order valence-electron chi connectivity index (χ4n) is 3.01. The second-order valence-corrected chi connectivity index (χ2v) is 6.64. The molecule has 1 unspecified atom stereocenters. The van der Waals surface area contributed by atoms with Gasteiger partial charge in [-0.2, -0.15) is 0 Å². The highest BCUT2D eigenvalue weighted by molar-refractivity contribution is 6.35. The second-order valence-electron chi connectivity index (χ2n) is 5.77. The minimum absolute atomic E-state index is 0.452. The minimum Gasteiger partial charge on any atom is -0.382 e. The molecule has 0 amide bonds. The predicted molar refractivity (Wildman–Crippen MR) is 89.0 cm³/mol. The van der Waals surface area contributed by atoms with Crippen molar-refractivity contribution in [3.05, 3.63) is 28.2 Å². The average Bonchev–Trinajstić information content (AvgIpc) is 2.38. The van der Waals surface area contributed by atoms with Gasteiger partial charge >= 0.3 is 0 Å². The summed E-state index contributed by atoms with van der Waals surface area (Å²) in [5.74, 6) is 0.723. The van der Waals surface area contributed by atoms with E-state index in [0.29, 0.717) is 16.1 Å². The lowest BCUT2D eigenvalue weighted by Crippen LogP contribution is -2.39. The number of nitrogens with zero attached hydrogens (tertiary/aromatic N) is 1. The molecule has 0 spiro atoms. The van der Waals surface area contributed by atoms with Gasteiger partial charge in [0.25, 0.3) is 0 Å². The van der Waals surface area contributed by atoms with Crippen molar-refractivity contribution in [3.8, 4) is 0 Å². The van der Waals surface area contributed by atoms with Crippen molar-refractivity contribution in [3.63, 3.8) is 0 Å². The molecule has 1 N–H and O–H groups in total. The molecule has 1 aromatic carbocycles. The quantitative estimate of drug-likeness (QED) is 0.830. The highest BCUT2D eigenvalue weighted by atomic mass is 35.5. The molecule has 20 heavy (non-hydrogen) atoms. The number of anilines is 1. The number of rotatable bonds is 5. The molecule has 2 rings (SSSR count). The maximum absolute atomic E-state index is 6.04. The van der Waals surface area contributed by atoms with Gasteiger partial charge in [0.15, 0.2) is 0 Å². The van der Waals surface area contributed by atoms with Crippen LogP contribution in [0.5, 0.6) is 0 Å². The molecule has 1 heterocycles. The van der Waals surface area contributed by atoms with Crippen LogP contribution in [-0.2, 0) is 0 Å². The van der Waals surface area contributed by atoms with Crippen LogP contribution in [0.3, 0.4) is 0 Å². The first-order valence-electron chi connectivity index (χ1n) is 7.53. The Bertz CT molecular complexity index is 408. The molecule has 112 valence electrons. The van der Waals surface area contributed by atoms with Crippen LogP contribution in [0.2, 0.25) is 10.0 Å². The van der Waals surface area contributed by atoms with Gasteiger partial charge in [0, 0.05) is 21.8 Å². The van der Waals surface area contributed by atoms with Crippen LogP contribution < -0.4 is 5.32 Å². The Balaban J connectivity index is 1.87. The van der Waals surface area contributed by atoms with Gasteiger partial charge < -0.3 is 10.2 Å². The minimum atomic E-state index is 0.452. The summed E-state index contributed by atoms with van der Waals surface area (Å²) in [7, 11) is 0. The van der Waals surface area contributed by atoms with Gasteiger partial charge in [-0.15, -0.1) is 0 Å². The van der Waals surface area contributed by atoms with Crippen molar-refractivity contribution in [1.29, 1.82) is 0 Å². The molecule has 1 aliphatic heterocycles. The number of piperidine rings is 1. The molecule has 2 nitrogen and oxygen atoms in total. The fourth-order valence-corrected chi connectivity index (χ4v) is 3.54. The van der Waals surface area contributed by atoms with Gasteiger partial charge in [-0.05, 0) is 69.9 Å². The highest BCUT2D eigenvalue weighted by Gasteiger charge is 2.23. The topological polar surface area (TPSA) is 15.3 Å². The standard InChI is InChI=1S/C16H24Cl2N2/c1-3-6-20-7-4-13(5-8-20)12(2)19-16-10-14(17)9-15(18)11-16/h9-13,19H,3-8H2,1-2H3. The lowest BCUT2D eigenvalue weighted by atomic mass is 9.90. The molecule has 4 heteroatoms. The van der Waals surface area contributed by atoms with E-state index in [1.54, 1.807) is 6.07 Å². The third kappa shape index (κ3) is 4.54. The van der Waals surface area contributed by atoms with E-state index in [1.165, 1.54) is 38.9 Å². The van der Waals surface area contributed by atoms with Crippen LogP contribution in [-0.4, -0.2) is 30.6 Å². The second kappa shape index (κ2) is 7.53. The third-order valence-corrected chi connectivity index (χ3v) is 4.57. The smallest absolute Gasteiger partial charge is 0.0441 e. The normalized spacial score (nSPS) is 19.0. The Kier molecular flexibility index (Phi) is 6.01. The third-order valence-electron chi connectivity index (χ3n) is 4.14. The number of nitrogens with one attached hydrogen (secondary N) is 1. The van der Waals surface area contributed by atoms with Crippen molar-refractivity contribution in [2.24, 2.45) is 5.92 Å². The van der Waals surface area contributed by atoms with Gasteiger partial charge in [0.05, 0.1) is 0 Å². The Hall–Kier alpha value is -0.440. The van der Waals surface area contributed by atoms with Gasteiger partial charge in [-0.25, -0.2) is 0 Å². The number of hydrogen-bond acceptors (Lipinski definition) is 2. The molecule has 1 fully saturated rings. The van der Waals surface area contributed by atoms with E-state index in [9.17, 15) is 0 Å². The van der Waals surface area contributed by atoms with Gasteiger partial charge in [-0.1, -0.05) is 30.1 Å². The van der Waals surface area contributed by atoms with E-state index in [-0.39, 0.29) is 0 Å².